The predicted octanol–water partition coefficient (Wildman–Crippen LogP) is 2.96. The van der Waals surface area contributed by atoms with Gasteiger partial charge in [-0.15, -0.1) is 0 Å². The van der Waals surface area contributed by atoms with E-state index in [9.17, 15) is 19.4 Å². The molecule has 0 bridgehead atoms. The fourth-order valence-corrected chi connectivity index (χ4v) is 4.54. The van der Waals surface area contributed by atoms with Crippen LogP contribution in [0.1, 0.15) is 10.4 Å². The molecule has 0 saturated carbocycles. The van der Waals surface area contributed by atoms with Gasteiger partial charge in [-0.2, -0.15) is 0 Å². The van der Waals surface area contributed by atoms with Gasteiger partial charge in [-0.05, 0) is 52.9 Å². The summed E-state index contributed by atoms with van der Waals surface area (Å²) in [6.07, 6.45) is -0.310. The highest BCUT2D eigenvalue weighted by Crippen LogP contribution is 2.38. The van der Waals surface area contributed by atoms with E-state index in [1.165, 1.54) is 22.3 Å². The van der Waals surface area contributed by atoms with Crippen LogP contribution in [-0.2, 0) is 0 Å². The van der Waals surface area contributed by atoms with Crippen LogP contribution in [0.25, 0.3) is 10.2 Å². The average Bonchev–Trinajstić information content (AvgIpc) is 3.17. The van der Waals surface area contributed by atoms with Crippen LogP contribution in [0, 0.1) is 9.39 Å². The number of carbonyl (C=O) groups excluding carboxylic acids is 1. The van der Waals surface area contributed by atoms with Crippen molar-refractivity contribution in [1.29, 1.82) is 0 Å². The Balaban J connectivity index is 1.76. The van der Waals surface area contributed by atoms with Gasteiger partial charge in [0.2, 0.25) is 0 Å². The van der Waals surface area contributed by atoms with Gasteiger partial charge >= 0.3 is 0 Å². The number of anilines is 2. The van der Waals surface area contributed by atoms with E-state index >= 15 is 0 Å². The lowest BCUT2D eigenvalue weighted by Crippen LogP contribution is -2.30. The first-order chi connectivity index (χ1) is 12.9. The van der Waals surface area contributed by atoms with Crippen LogP contribution in [0.4, 0.5) is 15.1 Å². The first-order valence-corrected chi connectivity index (χ1v) is 10.1. The van der Waals surface area contributed by atoms with E-state index in [1.807, 2.05) is 22.6 Å². The first kappa shape index (κ1) is 18.5. The minimum absolute atomic E-state index is 0.0505. The number of hydrogen-bond acceptors (Lipinski definition) is 6. The van der Waals surface area contributed by atoms with Crippen molar-refractivity contribution in [2.45, 2.75) is 12.2 Å². The van der Waals surface area contributed by atoms with Crippen LogP contribution in [0.2, 0.25) is 0 Å². The first-order valence-electron chi connectivity index (χ1n) is 8.19. The molecule has 0 spiro atoms. The summed E-state index contributed by atoms with van der Waals surface area (Å²) in [6.45, 7) is 0.101. The van der Waals surface area contributed by atoms with Gasteiger partial charge in [0.1, 0.15) is 15.6 Å². The second kappa shape index (κ2) is 7.30. The number of benzene rings is 1. The van der Waals surface area contributed by atoms with Crippen molar-refractivity contribution < 1.29 is 19.4 Å². The van der Waals surface area contributed by atoms with Crippen LogP contribution < -0.4 is 5.32 Å². The molecule has 1 aliphatic heterocycles. The van der Waals surface area contributed by atoms with Gasteiger partial charge in [0, 0.05) is 28.2 Å². The van der Waals surface area contributed by atoms with Gasteiger partial charge in [0.25, 0.3) is 5.91 Å². The van der Waals surface area contributed by atoms with Crippen molar-refractivity contribution in [1.82, 2.24) is 9.88 Å². The van der Waals surface area contributed by atoms with Gasteiger partial charge in [-0.25, -0.2) is 9.37 Å². The summed E-state index contributed by atoms with van der Waals surface area (Å²) in [5.41, 5.74) is 0.625. The Hall–Kier alpha value is -1.82. The third-order valence-electron chi connectivity index (χ3n) is 4.41. The molecular weight excluding hydrogens is 484 g/mol. The summed E-state index contributed by atoms with van der Waals surface area (Å²) in [6, 6.07) is 8.31. The molecule has 0 radical (unpaired) electrons. The van der Waals surface area contributed by atoms with E-state index in [0.717, 1.165) is 3.57 Å². The number of likely N-dealkylation sites (tertiary alicyclic amines) is 1. The number of pyridine rings is 1. The lowest BCUT2D eigenvalue weighted by atomic mass is 10.1. The lowest BCUT2D eigenvalue weighted by molar-refractivity contribution is 0.0572. The molecule has 9 heteroatoms. The van der Waals surface area contributed by atoms with Crippen LogP contribution in [0.5, 0.6) is 0 Å². The highest BCUT2D eigenvalue weighted by atomic mass is 127. The summed E-state index contributed by atoms with van der Waals surface area (Å²) in [7, 11) is 0. The number of amides is 1. The van der Waals surface area contributed by atoms with Gasteiger partial charge < -0.3 is 20.4 Å². The number of aromatic nitrogens is 1. The number of aliphatic hydroxyl groups excluding tert-OH is 2. The Morgan fingerprint density at radius 1 is 1.30 bits per heavy atom. The molecule has 140 valence electrons. The van der Waals surface area contributed by atoms with Crippen molar-refractivity contribution in [3.05, 3.63) is 51.5 Å². The van der Waals surface area contributed by atoms with E-state index in [1.54, 1.807) is 30.5 Å². The molecule has 6 nitrogen and oxygen atoms in total. The van der Waals surface area contributed by atoms with Gasteiger partial charge in [-0.1, -0.05) is 11.3 Å². The lowest BCUT2D eigenvalue weighted by Gasteiger charge is -2.16. The number of halogens is 2. The molecule has 2 aromatic heterocycles. The number of β-amino-alcohol motifs (C(OH)–C–C–N with tert-alkyl or cyclic N) is 2. The smallest absolute Gasteiger partial charge is 0.257 e. The highest BCUT2D eigenvalue weighted by Gasteiger charge is 2.35. The molecule has 3 aromatic rings. The van der Waals surface area contributed by atoms with Crippen LogP contribution in [0.15, 0.2) is 36.5 Å². The van der Waals surface area contributed by atoms with Crippen LogP contribution in [0.3, 0.4) is 0 Å². The molecule has 27 heavy (non-hydrogen) atoms. The molecule has 0 unspecified atom stereocenters. The number of carbonyl (C=O) groups is 1. The highest BCUT2D eigenvalue weighted by molar-refractivity contribution is 14.1. The van der Waals surface area contributed by atoms with Crippen LogP contribution in [-0.4, -0.2) is 51.3 Å². The van der Waals surface area contributed by atoms with Gasteiger partial charge in [-0.3, -0.25) is 4.79 Å². The monoisotopic (exact) mass is 499 g/mol. The SMILES string of the molecule is O=C(c1c(Nc2ccc(I)cc2F)sc2ncccc12)N1C[C@@H](O)[C@@H](O)C1. The van der Waals surface area contributed by atoms with Gasteiger partial charge in [0.15, 0.2) is 0 Å². The van der Waals surface area contributed by atoms with Gasteiger partial charge in [0.05, 0.1) is 23.5 Å². The van der Waals surface area contributed by atoms with E-state index in [4.69, 9.17) is 0 Å². The number of fused-ring (bicyclic) bond motifs is 1. The van der Waals surface area contributed by atoms with Crippen molar-refractivity contribution in [2.24, 2.45) is 0 Å². The molecule has 1 saturated heterocycles. The van der Waals surface area contributed by atoms with E-state index < -0.39 is 18.0 Å². The maximum absolute atomic E-state index is 14.3. The minimum Gasteiger partial charge on any atom is -0.388 e. The van der Waals surface area contributed by atoms with E-state index in [0.29, 0.717) is 20.8 Å². The number of thiophene rings is 1. The predicted molar refractivity (Wildman–Crippen MR) is 110 cm³/mol. The fraction of sp³-hybridized carbons (Fsp3) is 0.222. The molecule has 2 atom stereocenters. The van der Waals surface area contributed by atoms with Crippen molar-refractivity contribution in [3.63, 3.8) is 0 Å². The molecule has 1 fully saturated rings. The molecule has 1 aliphatic rings. The third kappa shape index (κ3) is 3.51. The summed E-state index contributed by atoms with van der Waals surface area (Å²) in [5.74, 6) is -0.754. The fourth-order valence-electron chi connectivity index (χ4n) is 3.04. The van der Waals surface area contributed by atoms with E-state index in [-0.39, 0.29) is 24.7 Å². The molecular formula is C18H15FIN3O3S. The average molecular weight is 499 g/mol. The largest absolute Gasteiger partial charge is 0.388 e. The Labute approximate surface area is 171 Å². The summed E-state index contributed by atoms with van der Waals surface area (Å²) >= 11 is 3.28. The second-order valence-corrected chi connectivity index (χ2v) is 8.50. The zero-order chi connectivity index (χ0) is 19.1. The van der Waals surface area contributed by atoms with Crippen molar-refractivity contribution >= 4 is 60.7 Å². The number of hydrogen-bond donors (Lipinski definition) is 3. The third-order valence-corrected chi connectivity index (χ3v) is 6.11. The Kier molecular flexibility index (Phi) is 5.01. The quantitative estimate of drug-likeness (QED) is 0.483. The Bertz CT molecular complexity index is 1020. The second-order valence-electron chi connectivity index (χ2n) is 6.26. The zero-order valence-electron chi connectivity index (χ0n) is 13.9. The minimum atomic E-state index is -0.970. The molecule has 4 rings (SSSR count). The molecule has 1 aromatic carbocycles. The summed E-state index contributed by atoms with van der Waals surface area (Å²) < 4.78 is 15.1. The Morgan fingerprint density at radius 2 is 2.04 bits per heavy atom. The number of aliphatic hydroxyl groups is 2. The van der Waals surface area contributed by atoms with Crippen molar-refractivity contribution in [2.75, 3.05) is 18.4 Å². The molecule has 3 heterocycles. The summed E-state index contributed by atoms with van der Waals surface area (Å²) in [5, 5.41) is 23.7. The summed E-state index contributed by atoms with van der Waals surface area (Å²) in [4.78, 5) is 19.5. The number of nitrogens with one attached hydrogen (secondary N) is 1. The number of rotatable bonds is 3. The molecule has 3 N–H and O–H groups in total. The Morgan fingerprint density at radius 3 is 2.74 bits per heavy atom. The number of nitrogens with zero attached hydrogens (tertiary/aromatic N) is 2. The normalized spacial score (nSPS) is 19.6. The standard InChI is InChI=1S/C18H15FIN3O3S/c19-11-6-9(20)3-4-12(11)22-17-15(10-2-1-5-21-16(10)27-17)18(26)23-7-13(24)14(25)8-23/h1-6,13-14,22,24-25H,7-8H2/t13-,14+. The zero-order valence-corrected chi connectivity index (χ0v) is 16.9. The molecule has 1 amide bonds. The topological polar surface area (TPSA) is 85.7 Å². The van der Waals surface area contributed by atoms with E-state index in [2.05, 4.69) is 10.3 Å². The maximum Gasteiger partial charge on any atom is 0.257 e. The maximum atomic E-state index is 14.3. The molecule has 0 aliphatic carbocycles. The van der Waals surface area contributed by atoms with Crippen LogP contribution >= 0.6 is 33.9 Å². The van der Waals surface area contributed by atoms with Crippen molar-refractivity contribution in [3.8, 4) is 0 Å².